The monoisotopic (exact) mass is 499 g/mol. The standard InChI is InChI=1S/C25H23Cl2N3O4/c1-3-33-23-12-17(14-28-30-25(32)20-10-7-18(26)13-21(20)27)6-11-22(23)34-15-24(31)29-19-8-4-16(2)5-9-19/h4-14H,3,15H2,1-2H3,(H,29,31)(H,30,32)/b28-14-. The molecule has 0 aliphatic rings. The first-order valence-corrected chi connectivity index (χ1v) is 11.2. The van der Waals surface area contributed by atoms with Gasteiger partial charge >= 0.3 is 0 Å². The lowest BCUT2D eigenvalue weighted by Crippen LogP contribution is -2.20. The topological polar surface area (TPSA) is 89.0 Å². The molecule has 3 rings (SSSR count). The SMILES string of the molecule is CCOc1cc(/C=N\NC(=O)c2ccc(Cl)cc2Cl)ccc1OCC(=O)Nc1ccc(C)cc1. The van der Waals surface area contributed by atoms with Gasteiger partial charge < -0.3 is 14.8 Å². The molecule has 7 nitrogen and oxygen atoms in total. The number of hydrogen-bond acceptors (Lipinski definition) is 5. The Balaban J connectivity index is 1.60. The summed E-state index contributed by atoms with van der Waals surface area (Å²) in [6.07, 6.45) is 1.46. The molecule has 0 fully saturated rings. The van der Waals surface area contributed by atoms with E-state index >= 15 is 0 Å². The molecule has 0 saturated carbocycles. The maximum absolute atomic E-state index is 12.3. The second-order valence-corrected chi connectivity index (χ2v) is 8.01. The van der Waals surface area contributed by atoms with Gasteiger partial charge in [-0.25, -0.2) is 5.43 Å². The number of ether oxygens (including phenoxy) is 2. The summed E-state index contributed by atoms with van der Waals surface area (Å²) in [4.78, 5) is 24.5. The number of carbonyl (C=O) groups is 2. The maximum Gasteiger partial charge on any atom is 0.272 e. The van der Waals surface area contributed by atoms with Crippen LogP contribution in [0.4, 0.5) is 5.69 Å². The first-order valence-electron chi connectivity index (χ1n) is 10.4. The number of hydrogen-bond donors (Lipinski definition) is 2. The van der Waals surface area contributed by atoms with Gasteiger partial charge in [-0.1, -0.05) is 40.9 Å². The Labute approximate surface area is 207 Å². The highest BCUT2D eigenvalue weighted by Gasteiger charge is 2.11. The van der Waals surface area contributed by atoms with Crippen molar-refractivity contribution >= 4 is 46.9 Å². The van der Waals surface area contributed by atoms with E-state index in [1.54, 1.807) is 24.3 Å². The number of anilines is 1. The van der Waals surface area contributed by atoms with E-state index in [1.165, 1.54) is 18.3 Å². The molecule has 3 aromatic rings. The van der Waals surface area contributed by atoms with E-state index in [0.717, 1.165) is 5.56 Å². The molecule has 0 saturated heterocycles. The molecule has 0 heterocycles. The van der Waals surface area contributed by atoms with E-state index in [0.29, 0.717) is 34.4 Å². The van der Waals surface area contributed by atoms with E-state index < -0.39 is 5.91 Å². The van der Waals surface area contributed by atoms with Crippen LogP contribution in [0.2, 0.25) is 10.0 Å². The van der Waals surface area contributed by atoms with Crippen molar-refractivity contribution in [2.75, 3.05) is 18.5 Å². The molecule has 2 N–H and O–H groups in total. The van der Waals surface area contributed by atoms with Crippen molar-refractivity contribution in [1.29, 1.82) is 0 Å². The zero-order chi connectivity index (χ0) is 24.5. The van der Waals surface area contributed by atoms with Gasteiger partial charge in [-0.3, -0.25) is 9.59 Å². The normalized spacial score (nSPS) is 10.7. The van der Waals surface area contributed by atoms with E-state index in [1.807, 2.05) is 38.1 Å². The summed E-state index contributed by atoms with van der Waals surface area (Å²) in [5, 5.41) is 7.40. The molecule has 0 aliphatic carbocycles. The summed E-state index contributed by atoms with van der Waals surface area (Å²) < 4.78 is 11.3. The molecule has 0 unspecified atom stereocenters. The fourth-order valence-corrected chi connectivity index (χ4v) is 3.36. The minimum Gasteiger partial charge on any atom is -0.490 e. The van der Waals surface area contributed by atoms with Gasteiger partial charge in [-0.2, -0.15) is 5.10 Å². The summed E-state index contributed by atoms with van der Waals surface area (Å²) in [6.45, 7) is 4.03. The Kier molecular flexibility index (Phi) is 8.90. The number of halogens is 2. The fraction of sp³-hybridized carbons (Fsp3) is 0.160. The number of aryl methyl sites for hydroxylation is 1. The Morgan fingerprint density at radius 3 is 2.44 bits per heavy atom. The minimum absolute atomic E-state index is 0.181. The zero-order valence-corrected chi connectivity index (χ0v) is 20.1. The number of nitrogens with one attached hydrogen (secondary N) is 2. The first-order chi connectivity index (χ1) is 16.4. The van der Waals surface area contributed by atoms with Crippen molar-refractivity contribution < 1.29 is 19.1 Å². The van der Waals surface area contributed by atoms with Crippen LogP contribution in [-0.4, -0.2) is 31.2 Å². The molecule has 2 amide bonds. The van der Waals surface area contributed by atoms with Gasteiger partial charge in [0.1, 0.15) is 0 Å². The molecule has 0 atom stereocenters. The Morgan fingerprint density at radius 1 is 0.971 bits per heavy atom. The first kappa shape index (κ1) is 25.1. The lowest BCUT2D eigenvalue weighted by Gasteiger charge is -2.12. The van der Waals surface area contributed by atoms with Crippen LogP contribution in [0.5, 0.6) is 11.5 Å². The lowest BCUT2D eigenvalue weighted by molar-refractivity contribution is -0.118. The predicted octanol–water partition coefficient (Wildman–Crippen LogP) is 5.48. The van der Waals surface area contributed by atoms with Crippen molar-refractivity contribution in [3.63, 3.8) is 0 Å². The highest BCUT2D eigenvalue weighted by Crippen LogP contribution is 2.28. The number of rotatable bonds is 9. The molecule has 9 heteroatoms. The zero-order valence-electron chi connectivity index (χ0n) is 18.6. The van der Waals surface area contributed by atoms with Gasteiger partial charge in [0.05, 0.1) is 23.4 Å². The third-order valence-corrected chi connectivity index (χ3v) is 5.06. The molecule has 0 bridgehead atoms. The molecule has 0 aliphatic heterocycles. The number of hydrazone groups is 1. The van der Waals surface area contributed by atoms with Gasteiger partial charge in [-0.05, 0) is 67.9 Å². The highest BCUT2D eigenvalue weighted by molar-refractivity contribution is 6.36. The Bertz CT molecular complexity index is 1200. The third-order valence-electron chi connectivity index (χ3n) is 4.52. The van der Waals surface area contributed by atoms with Crippen LogP contribution in [-0.2, 0) is 4.79 Å². The maximum atomic E-state index is 12.3. The van der Waals surface area contributed by atoms with Gasteiger partial charge in [0.2, 0.25) is 0 Å². The van der Waals surface area contributed by atoms with E-state index in [9.17, 15) is 9.59 Å². The Hall–Kier alpha value is -3.55. The largest absolute Gasteiger partial charge is 0.490 e. The minimum atomic E-state index is -0.470. The van der Waals surface area contributed by atoms with Crippen LogP contribution in [0.1, 0.15) is 28.4 Å². The Morgan fingerprint density at radius 2 is 1.74 bits per heavy atom. The van der Waals surface area contributed by atoms with Crippen LogP contribution in [0, 0.1) is 6.92 Å². The van der Waals surface area contributed by atoms with Crippen LogP contribution in [0.3, 0.4) is 0 Å². The van der Waals surface area contributed by atoms with Crippen LogP contribution >= 0.6 is 23.2 Å². The molecule has 3 aromatic carbocycles. The summed E-state index contributed by atoms with van der Waals surface area (Å²) >= 11 is 11.9. The van der Waals surface area contributed by atoms with Crippen LogP contribution in [0.15, 0.2) is 65.8 Å². The van der Waals surface area contributed by atoms with Gasteiger partial charge in [0, 0.05) is 10.7 Å². The average Bonchev–Trinajstić information content (AvgIpc) is 2.80. The van der Waals surface area contributed by atoms with Gasteiger partial charge in [0.15, 0.2) is 18.1 Å². The molecule has 0 radical (unpaired) electrons. The molecular formula is C25H23Cl2N3O4. The second kappa shape index (κ2) is 12.1. The van der Waals surface area contributed by atoms with E-state index in [4.69, 9.17) is 32.7 Å². The third kappa shape index (κ3) is 7.23. The van der Waals surface area contributed by atoms with Gasteiger partial charge in [-0.15, -0.1) is 0 Å². The van der Waals surface area contributed by atoms with Crippen molar-refractivity contribution in [1.82, 2.24) is 5.43 Å². The summed E-state index contributed by atoms with van der Waals surface area (Å²) in [6, 6.07) is 17.1. The number of nitrogens with zero attached hydrogens (tertiary/aromatic N) is 1. The van der Waals surface area contributed by atoms with Gasteiger partial charge in [0.25, 0.3) is 11.8 Å². The molecule has 176 valence electrons. The molecule has 0 aromatic heterocycles. The smallest absolute Gasteiger partial charge is 0.272 e. The van der Waals surface area contributed by atoms with Crippen molar-refractivity contribution in [2.45, 2.75) is 13.8 Å². The highest BCUT2D eigenvalue weighted by atomic mass is 35.5. The van der Waals surface area contributed by atoms with E-state index in [2.05, 4.69) is 15.8 Å². The molecule has 34 heavy (non-hydrogen) atoms. The fourth-order valence-electron chi connectivity index (χ4n) is 2.87. The number of amides is 2. The van der Waals surface area contributed by atoms with Crippen LogP contribution in [0.25, 0.3) is 0 Å². The number of benzene rings is 3. The van der Waals surface area contributed by atoms with E-state index in [-0.39, 0.29) is 23.1 Å². The van der Waals surface area contributed by atoms with Crippen molar-refractivity contribution in [3.8, 4) is 11.5 Å². The van der Waals surface area contributed by atoms with Crippen molar-refractivity contribution in [2.24, 2.45) is 5.10 Å². The van der Waals surface area contributed by atoms with Crippen molar-refractivity contribution in [3.05, 3.63) is 87.4 Å². The molecular weight excluding hydrogens is 477 g/mol. The predicted molar refractivity (Wildman–Crippen MR) is 134 cm³/mol. The summed E-state index contributed by atoms with van der Waals surface area (Å²) in [5.41, 5.74) is 5.13. The quantitative estimate of drug-likeness (QED) is 0.301. The molecule has 0 spiro atoms. The number of carbonyl (C=O) groups excluding carboxylic acids is 2. The average molecular weight is 500 g/mol. The second-order valence-electron chi connectivity index (χ2n) is 7.17. The van der Waals surface area contributed by atoms with Crippen LogP contribution < -0.4 is 20.2 Å². The lowest BCUT2D eigenvalue weighted by atomic mass is 10.2. The summed E-state index contributed by atoms with van der Waals surface area (Å²) in [5.74, 6) is 0.0969. The summed E-state index contributed by atoms with van der Waals surface area (Å²) in [7, 11) is 0.